The van der Waals surface area contributed by atoms with Crippen molar-refractivity contribution in [2.75, 3.05) is 7.11 Å². The van der Waals surface area contributed by atoms with E-state index in [0.29, 0.717) is 47.6 Å². The monoisotopic (exact) mass is 757 g/mol. The summed E-state index contributed by atoms with van der Waals surface area (Å²) in [6.45, 7) is 0. The van der Waals surface area contributed by atoms with Crippen molar-refractivity contribution in [2.45, 2.75) is 0 Å². The smallest absolute Gasteiger partial charge is 0.343 e. The molecule has 4 aromatic carbocycles. The van der Waals surface area contributed by atoms with Crippen LogP contribution in [0.25, 0.3) is 22.0 Å². The molecule has 11 heteroatoms. The van der Waals surface area contributed by atoms with Gasteiger partial charge in [-0.2, -0.15) is 5.10 Å². The average Bonchev–Trinajstić information content (AvgIpc) is 3.35. The summed E-state index contributed by atoms with van der Waals surface area (Å²) >= 11 is 16.9. The first-order valence-corrected chi connectivity index (χ1v) is 14.8. The minimum atomic E-state index is -0.584. The summed E-state index contributed by atoms with van der Waals surface area (Å²) in [5, 5.41) is 5.43. The van der Waals surface area contributed by atoms with E-state index in [4.69, 9.17) is 21.1 Å². The number of aromatic amines is 1. The van der Waals surface area contributed by atoms with E-state index in [1.165, 1.54) is 13.3 Å². The Kier molecular flexibility index (Phi) is 8.94. The lowest BCUT2D eigenvalue weighted by Gasteiger charge is -2.11. The highest BCUT2D eigenvalue weighted by molar-refractivity contribution is 9.11. The van der Waals surface area contributed by atoms with E-state index in [-0.39, 0.29) is 5.75 Å². The number of nitrogens with zero attached hydrogens (tertiary/aromatic N) is 1. The molecule has 0 saturated carbocycles. The quantitative estimate of drug-likeness (QED) is 0.0752. The Hall–Kier alpha value is -3.44. The van der Waals surface area contributed by atoms with Gasteiger partial charge < -0.3 is 14.5 Å². The number of nitrogens with one attached hydrogen (secondary N) is 2. The molecule has 0 aliphatic rings. The molecule has 206 valence electrons. The molecule has 0 aliphatic carbocycles. The number of rotatable bonds is 7. The number of hydrogen-bond donors (Lipinski definition) is 2. The van der Waals surface area contributed by atoms with E-state index in [1.807, 2.05) is 36.4 Å². The summed E-state index contributed by atoms with van der Waals surface area (Å²) in [6, 6.07) is 23.3. The molecular weight excluding hydrogens is 742 g/mol. The summed E-state index contributed by atoms with van der Waals surface area (Å²) in [5.41, 5.74) is 5.78. The lowest BCUT2D eigenvalue weighted by molar-refractivity contribution is 0.0732. The molecule has 0 spiro atoms. The fraction of sp³-hybridized carbons (Fsp3) is 0.0333. The molecule has 0 aliphatic heterocycles. The predicted octanol–water partition coefficient (Wildman–Crippen LogP) is 8.77. The van der Waals surface area contributed by atoms with Gasteiger partial charge in [0.2, 0.25) is 0 Å². The van der Waals surface area contributed by atoms with Gasteiger partial charge in [-0.1, -0.05) is 79.9 Å². The standard InChI is InChI=1S/C30H19Br3ClN3O4/c1-40-21-9-5-8-17(11-21)30(39)41-28-18(10-19(31)13-23(28)33)15-35-37-29(38)27-25(16-6-3-2-4-7-16)22-12-20(32)14-24(34)26(22)36-27/h2-15,36H,1H3,(H,37,38). The van der Waals surface area contributed by atoms with Crippen LogP contribution in [0.2, 0.25) is 5.02 Å². The van der Waals surface area contributed by atoms with Gasteiger partial charge in [0.15, 0.2) is 5.75 Å². The minimum absolute atomic E-state index is 0.228. The summed E-state index contributed by atoms with van der Waals surface area (Å²) in [5.74, 6) is -0.308. The van der Waals surface area contributed by atoms with Crippen LogP contribution in [0.15, 0.2) is 97.4 Å². The SMILES string of the molecule is COc1cccc(C(=O)Oc2c(Br)cc(Br)cc2C=NNC(=O)c2[nH]c3c(Cl)cc(Br)cc3c2-c2ccccc2)c1. The fourth-order valence-corrected chi connectivity index (χ4v) is 6.39. The Morgan fingerprint density at radius 2 is 1.71 bits per heavy atom. The van der Waals surface area contributed by atoms with Crippen LogP contribution in [0.3, 0.4) is 0 Å². The molecule has 2 N–H and O–H groups in total. The number of H-pyrrole nitrogens is 1. The highest BCUT2D eigenvalue weighted by Crippen LogP contribution is 2.38. The first kappa shape index (κ1) is 29.1. The first-order valence-electron chi connectivity index (χ1n) is 12.0. The van der Waals surface area contributed by atoms with Crippen LogP contribution in [-0.4, -0.2) is 30.2 Å². The first-order chi connectivity index (χ1) is 19.7. The second-order valence-electron chi connectivity index (χ2n) is 8.68. The lowest BCUT2D eigenvalue weighted by Crippen LogP contribution is -2.19. The van der Waals surface area contributed by atoms with Gasteiger partial charge in [0, 0.05) is 25.5 Å². The summed E-state index contributed by atoms with van der Waals surface area (Å²) in [7, 11) is 1.52. The molecule has 1 amide bonds. The number of hydrogen-bond acceptors (Lipinski definition) is 5. The molecule has 0 saturated heterocycles. The molecular formula is C30H19Br3ClN3O4. The van der Waals surface area contributed by atoms with Crippen LogP contribution >= 0.6 is 59.4 Å². The van der Waals surface area contributed by atoms with Gasteiger partial charge in [-0.05, 0) is 64.0 Å². The third-order valence-electron chi connectivity index (χ3n) is 6.02. The fourth-order valence-electron chi connectivity index (χ4n) is 4.20. The van der Waals surface area contributed by atoms with Crippen LogP contribution in [0.1, 0.15) is 26.4 Å². The number of esters is 1. The van der Waals surface area contributed by atoms with Crippen molar-refractivity contribution in [3.8, 4) is 22.6 Å². The molecule has 0 fully saturated rings. The van der Waals surface area contributed by atoms with E-state index >= 15 is 0 Å². The summed E-state index contributed by atoms with van der Waals surface area (Å²) < 4.78 is 12.9. The third kappa shape index (κ3) is 6.41. The molecule has 1 aromatic heterocycles. The normalized spacial score (nSPS) is 11.1. The van der Waals surface area contributed by atoms with Gasteiger partial charge >= 0.3 is 5.97 Å². The molecule has 0 bridgehead atoms. The van der Waals surface area contributed by atoms with Crippen molar-refractivity contribution < 1.29 is 19.1 Å². The topological polar surface area (TPSA) is 92.8 Å². The maximum Gasteiger partial charge on any atom is 0.343 e. The molecule has 0 atom stereocenters. The number of methoxy groups -OCH3 is 1. The summed E-state index contributed by atoms with van der Waals surface area (Å²) in [6.07, 6.45) is 1.40. The molecule has 5 aromatic rings. The minimum Gasteiger partial charge on any atom is -0.497 e. The number of aromatic nitrogens is 1. The zero-order valence-electron chi connectivity index (χ0n) is 21.2. The number of carbonyl (C=O) groups is 2. The van der Waals surface area contributed by atoms with Crippen LogP contribution in [-0.2, 0) is 0 Å². The maximum atomic E-state index is 13.4. The van der Waals surface area contributed by atoms with Crippen LogP contribution in [0, 0.1) is 0 Å². The second-order valence-corrected chi connectivity index (χ2v) is 11.8. The van der Waals surface area contributed by atoms with Crippen molar-refractivity contribution >= 4 is 88.4 Å². The predicted molar refractivity (Wildman–Crippen MR) is 171 cm³/mol. The van der Waals surface area contributed by atoms with Crippen LogP contribution in [0.4, 0.5) is 0 Å². The van der Waals surface area contributed by atoms with Crippen molar-refractivity contribution in [1.29, 1.82) is 0 Å². The van der Waals surface area contributed by atoms with Gasteiger partial charge in [0.1, 0.15) is 11.4 Å². The van der Waals surface area contributed by atoms with E-state index in [2.05, 4.69) is 63.3 Å². The molecule has 5 rings (SSSR count). The number of benzene rings is 4. The average molecular weight is 761 g/mol. The Morgan fingerprint density at radius 1 is 0.951 bits per heavy atom. The maximum absolute atomic E-state index is 13.4. The molecule has 0 unspecified atom stereocenters. The molecule has 1 heterocycles. The van der Waals surface area contributed by atoms with E-state index in [1.54, 1.807) is 42.5 Å². The number of amides is 1. The number of hydrazone groups is 1. The third-order valence-corrected chi connectivity index (χ3v) is 7.82. The number of carbonyl (C=O) groups excluding carboxylic acids is 2. The van der Waals surface area contributed by atoms with Gasteiger partial charge in [-0.25, -0.2) is 10.2 Å². The van der Waals surface area contributed by atoms with Gasteiger partial charge in [0.05, 0.1) is 33.9 Å². The van der Waals surface area contributed by atoms with E-state index < -0.39 is 11.9 Å². The van der Waals surface area contributed by atoms with Gasteiger partial charge in [-0.3, -0.25) is 4.79 Å². The number of fused-ring (bicyclic) bond motifs is 1. The Morgan fingerprint density at radius 3 is 2.46 bits per heavy atom. The zero-order chi connectivity index (χ0) is 29.1. The number of ether oxygens (including phenoxy) is 2. The van der Waals surface area contributed by atoms with Crippen molar-refractivity contribution in [3.05, 3.63) is 114 Å². The Bertz CT molecular complexity index is 1820. The van der Waals surface area contributed by atoms with E-state index in [0.717, 1.165) is 15.4 Å². The highest BCUT2D eigenvalue weighted by Gasteiger charge is 2.21. The molecule has 7 nitrogen and oxygen atoms in total. The highest BCUT2D eigenvalue weighted by atomic mass is 79.9. The summed E-state index contributed by atoms with van der Waals surface area (Å²) in [4.78, 5) is 29.5. The van der Waals surface area contributed by atoms with Crippen molar-refractivity contribution in [1.82, 2.24) is 10.4 Å². The molecule has 0 radical (unpaired) electrons. The van der Waals surface area contributed by atoms with Crippen molar-refractivity contribution in [3.63, 3.8) is 0 Å². The van der Waals surface area contributed by atoms with Crippen molar-refractivity contribution in [2.24, 2.45) is 5.10 Å². The Balaban J connectivity index is 1.45. The van der Waals surface area contributed by atoms with E-state index in [9.17, 15) is 9.59 Å². The van der Waals surface area contributed by atoms with Gasteiger partial charge in [-0.15, -0.1) is 0 Å². The largest absolute Gasteiger partial charge is 0.497 e. The lowest BCUT2D eigenvalue weighted by atomic mass is 10.0. The zero-order valence-corrected chi connectivity index (χ0v) is 26.7. The molecule has 41 heavy (non-hydrogen) atoms. The second kappa shape index (κ2) is 12.6. The van der Waals surface area contributed by atoms with Crippen LogP contribution < -0.4 is 14.9 Å². The Labute approximate surface area is 265 Å². The van der Waals surface area contributed by atoms with Crippen LogP contribution in [0.5, 0.6) is 11.5 Å². The number of halogens is 4. The van der Waals surface area contributed by atoms with Gasteiger partial charge in [0.25, 0.3) is 5.91 Å².